The van der Waals surface area contributed by atoms with Gasteiger partial charge in [-0.3, -0.25) is 0 Å². The first kappa shape index (κ1) is 16.3. The summed E-state index contributed by atoms with van der Waals surface area (Å²) in [6.45, 7) is 1.01. The fourth-order valence-corrected chi connectivity index (χ4v) is 3.52. The Balaban J connectivity index is 2.08. The molecule has 0 aliphatic rings. The van der Waals surface area contributed by atoms with Crippen LogP contribution in [0.1, 0.15) is 6.42 Å². The van der Waals surface area contributed by atoms with E-state index >= 15 is 0 Å². The third kappa shape index (κ3) is 4.44. The van der Waals surface area contributed by atoms with Crippen LogP contribution in [0.25, 0.3) is 0 Å². The van der Waals surface area contributed by atoms with Crippen molar-refractivity contribution in [1.29, 1.82) is 0 Å². The maximum atomic E-state index is 11.6. The molecule has 0 amide bonds. The van der Waals surface area contributed by atoms with Crippen LogP contribution >= 0.6 is 27.5 Å². The minimum atomic E-state index is -3.91. The molecule has 0 saturated heterocycles. The number of hydrogen-bond acceptors (Lipinski definition) is 4. The molecule has 0 fully saturated rings. The van der Waals surface area contributed by atoms with Gasteiger partial charge in [0.05, 0.1) is 18.0 Å². The third-order valence-electron chi connectivity index (χ3n) is 2.65. The Labute approximate surface area is 136 Å². The standard InChI is InChI=1S/C12H13BrClN3O3S/c13-9-6-10(14)12(11(7-9)21(15,18)19)20-5-1-3-17-4-2-16-8-17/h2,4,6-8H,1,3,5H2,(H2,15,18,19). The Morgan fingerprint density at radius 1 is 1.43 bits per heavy atom. The third-order valence-corrected chi connectivity index (χ3v) is 4.30. The number of hydrogen-bond donors (Lipinski definition) is 1. The van der Waals surface area contributed by atoms with Gasteiger partial charge in [-0.1, -0.05) is 27.5 Å². The molecular formula is C12H13BrClN3O3S. The van der Waals surface area contributed by atoms with E-state index in [2.05, 4.69) is 20.9 Å². The number of aryl methyl sites for hydroxylation is 1. The van der Waals surface area contributed by atoms with E-state index in [0.717, 1.165) is 0 Å². The molecule has 0 spiro atoms. The van der Waals surface area contributed by atoms with Crippen LogP contribution in [0.3, 0.4) is 0 Å². The van der Waals surface area contributed by atoms with Gasteiger partial charge in [-0.25, -0.2) is 18.5 Å². The molecule has 1 heterocycles. The minimum Gasteiger partial charge on any atom is -0.491 e. The van der Waals surface area contributed by atoms with Gasteiger partial charge in [-0.05, 0) is 18.6 Å². The van der Waals surface area contributed by atoms with Crippen LogP contribution in [0.2, 0.25) is 5.02 Å². The SMILES string of the molecule is NS(=O)(=O)c1cc(Br)cc(Cl)c1OCCCn1ccnc1. The molecule has 0 aliphatic carbocycles. The highest BCUT2D eigenvalue weighted by atomic mass is 79.9. The van der Waals surface area contributed by atoms with E-state index in [1.54, 1.807) is 18.6 Å². The molecule has 2 rings (SSSR count). The van der Waals surface area contributed by atoms with E-state index in [9.17, 15) is 8.42 Å². The summed E-state index contributed by atoms with van der Waals surface area (Å²) >= 11 is 9.21. The number of imidazole rings is 1. The minimum absolute atomic E-state index is 0.0768. The molecule has 1 aromatic heterocycles. The molecule has 2 aromatic rings. The Hall–Kier alpha value is -1.09. The van der Waals surface area contributed by atoms with Gasteiger partial charge in [-0.2, -0.15) is 0 Å². The highest BCUT2D eigenvalue weighted by Gasteiger charge is 2.19. The van der Waals surface area contributed by atoms with Gasteiger partial charge in [0, 0.05) is 23.4 Å². The highest BCUT2D eigenvalue weighted by molar-refractivity contribution is 9.10. The Kier molecular flexibility index (Phi) is 5.26. The highest BCUT2D eigenvalue weighted by Crippen LogP contribution is 2.35. The van der Waals surface area contributed by atoms with E-state index in [0.29, 0.717) is 24.0 Å². The van der Waals surface area contributed by atoms with E-state index in [1.165, 1.54) is 6.07 Å². The van der Waals surface area contributed by atoms with Gasteiger partial charge in [0.1, 0.15) is 4.90 Å². The Bertz CT molecular complexity index is 720. The zero-order valence-electron chi connectivity index (χ0n) is 10.9. The fourth-order valence-electron chi connectivity index (χ4n) is 1.73. The summed E-state index contributed by atoms with van der Waals surface area (Å²) in [6, 6.07) is 2.92. The van der Waals surface area contributed by atoms with E-state index < -0.39 is 10.0 Å². The van der Waals surface area contributed by atoms with Gasteiger partial charge in [-0.15, -0.1) is 0 Å². The van der Waals surface area contributed by atoms with Gasteiger partial charge >= 0.3 is 0 Å². The lowest BCUT2D eigenvalue weighted by Crippen LogP contribution is -2.15. The van der Waals surface area contributed by atoms with E-state index in [1.807, 2.05) is 10.8 Å². The molecular weight excluding hydrogens is 382 g/mol. The summed E-state index contributed by atoms with van der Waals surface area (Å²) in [5, 5.41) is 5.37. The van der Waals surface area contributed by atoms with Crippen molar-refractivity contribution in [2.45, 2.75) is 17.9 Å². The lowest BCUT2D eigenvalue weighted by Gasteiger charge is -2.12. The molecule has 0 saturated carbocycles. The molecule has 1 aromatic carbocycles. The first-order chi connectivity index (χ1) is 9.88. The fraction of sp³-hybridized carbons (Fsp3) is 0.250. The number of nitrogens with two attached hydrogens (primary N) is 1. The average Bonchev–Trinajstić information content (AvgIpc) is 2.87. The largest absolute Gasteiger partial charge is 0.491 e. The molecule has 9 heteroatoms. The average molecular weight is 395 g/mol. The molecule has 0 radical (unpaired) electrons. The lowest BCUT2D eigenvalue weighted by molar-refractivity contribution is 0.294. The summed E-state index contributed by atoms with van der Waals surface area (Å²) in [6.07, 6.45) is 5.89. The van der Waals surface area contributed by atoms with Crippen LogP contribution in [0.15, 0.2) is 40.2 Å². The molecule has 2 N–H and O–H groups in total. The number of primary sulfonamides is 1. The zero-order chi connectivity index (χ0) is 15.5. The van der Waals surface area contributed by atoms with Crippen molar-refractivity contribution in [3.05, 3.63) is 40.3 Å². The summed E-state index contributed by atoms with van der Waals surface area (Å²) in [4.78, 5) is 3.79. The quantitative estimate of drug-likeness (QED) is 0.762. The second-order valence-corrected chi connectivity index (χ2v) is 7.12. The van der Waals surface area contributed by atoms with Crippen molar-refractivity contribution in [3.8, 4) is 5.75 Å². The van der Waals surface area contributed by atoms with Crippen molar-refractivity contribution in [2.24, 2.45) is 5.14 Å². The van der Waals surface area contributed by atoms with E-state index in [-0.39, 0.29) is 15.7 Å². The molecule has 114 valence electrons. The topological polar surface area (TPSA) is 87.2 Å². The van der Waals surface area contributed by atoms with Crippen molar-refractivity contribution >= 4 is 37.6 Å². The van der Waals surface area contributed by atoms with Gasteiger partial charge in [0.25, 0.3) is 0 Å². The summed E-state index contributed by atoms with van der Waals surface area (Å²) in [5.41, 5.74) is 0. The van der Waals surface area contributed by atoms with Crippen LogP contribution in [0.5, 0.6) is 5.75 Å². The summed E-state index contributed by atoms with van der Waals surface area (Å²) in [5.74, 6) is 0.0768. The van der Waals surface area contributed by atoms with Gasteiger partial charge in [0.2, 0.25) is 10.0 Å². The molecule has 0 bridgehead atoms. The molecule has 0 unspecified atom stereocenters. The molecule has 21 heavy (non-hydrogen) atoms. The van der Waals surface area contributed by atoms with Gasteiger partial charge in [0.15, 0.2) is 5.75 Å². The lowest BCUT2D eigenvalue weighted by atomic mass is 10.3. The van der Waals surface area contributed by atoms with Crippen molar-refractivity contribution in [1.82, 2.24) is 9.55 Å². The predicted octanol–water partition coefficient (Wildman–Crippen LogP) is 2.42. The zero-order valence-corrected chi connectivity index (χ0v) is 14.0. The second kappa shape index (κ2) is 6.78. The number of nitrogens with zero attached hydrogens (tertiary/aromatic N) is 2. The number of ether oxygens (including phenoxy) is 1. The molecule has 0 atom stereocenters. The van der Waals surface area contributed by atoms with Crippen molar-refractivity contribution in [3.63, 3.8) is 0 Å². The van der Waals surface area contributed by atoms with Crippen LogP contribution < -0.4 is 9.88 Å². The number of halogens is 2. The van der Waals surface area contributed by atoms with Crippen LogP contribution in [-0.4, -0.2) is 24.6 Å². The van der Waals surface area contributed by atoms with Crippen LogP contribution in [0, 0.1) is 0 Å². The smallest absolute Gasteiger partial charge is 0.241 e. The maximum absolute atomic E-state index is 11.6. The summed E-state index contributed by atoms with van der Waals surface area (Å²) < 4.78 is 31.1. The van der Waals surface area contributed by atoms with E-state index in [4.69, 9.17) is 21.5 Å². The number of rotatable bonds is 6. The Morgan fingerprint density at radius 2 is 2.19 bits per heavy atom. The predicted molar refractivity (Wildman–Crippen MR) is 82.9 cm³/mol. The summed E-state index contributed by atoms with van der Waals surface area (Å²) in [7, 11) is -3.91. The van der Waals surface area contributed by atoms with Crippen LogP contribution in [0.4, 0.5) is 0 Å². The van der Waals surface area contributed by atoms with Crippen molar-refractivity contribution < 1.29 is 13.2 Å². The number of aromatic nitrogens is 2. The Morgan fingerprint density at radius 3 is 2.81 bits per heavy atom. The maximum Gasteiger partial charge on any atom is 0.241 e. The second-order valence-electron chi connectivity index (χ2n) is 4.26. The first-order valence-electron chi connectivity index (χ1n) is 5.98. The monoisotopic (exact) mass is 393 g/mol. The number of benzene rings is 1. The number of sulfonamides is 1. The van der Waals surface area contributed by atoms with Gasteiger partial charge < -0.3 is 9.30 Å². The molecule has 0 aliphatic heterocycles. The molecule has 6 nitrogen and oxygen atoms in total. The normalized spacial score (nSPS) is 11.6. The van der Waals surface area contributed by atoms with Crippen molar-refractivity contribution in [2.75, 3.05) is 6.61 Å². The first-order valence-corrected chi connectivity index (χ1v) is 8.70. The van der Waals surface area contributed by atoms with Crippen LogP contribution in [-0.2, 0) is 16.6 Å².